The molecular weight excluding hydrogens is 256 g/mol. The first-order chi connectivity index (χ1) is 8.69. The number of aromatic nitrogens is 2. The molecule has 0 saturated carbocycles. The van der Waals surface area contributed by atoms with Gasteiger partial charge in [0.1, 0.15) is 0 Å². The third kappa shape index (κ3) is 4.33. The van der Waals surface area contributed by atoms with Crippen LogP contribution in [0.2, 0.25) is 0 Å². The van der Waals surface area contributed by atoms with Crippen molar-refractivity contribution in [1.82, 2.24) is 9.97 Å². The van der Waals surface area contributed by atoms with Gasteiger partial charge in [0.05, 0.1) is 13.2 Å². The summed E-state index contributed by atoms with van der Waals surface area (Å²) in [6.45, 7) is 3.74. The molecule has 0 aliphatic rings. The van der Waals surface area contributed by atoms with Crippen molar-refractivity contribution in [1.29, 1.82) is 0 Å². The summed E-state index contributed by atoms with van der Waals surface area (Å²) < 4.78 is 9.66. The Morgan fingerprint density at radius 3 is 2.11 bits per heavy atom. The zero-order valence-electron chi connectivity index (χ0n) is 10.2. The highest BCUT2D eigenvalue weighted by Gasteiger charge is 2.31. The van der Waals surface area contributed by atoms with E-state index in [9.17, 15) is 9.59 Å². The Labute approximate surface area is 109 Å². The highest BCUT2D eigenvalue weighted by molar-refractivity contribution is 8.01. The van der Waals surface area contributed by atoms with Crippen molar-refractivity contribution >= 4 is 23.7 Å². The summed E-state index contributed by atoms with van der Waals surface area (Å²) in [5.74, 6) is -1.29. The van der Waals surface area contributed by atoms with E-state index in [1.807, 2.05) is 0 Å². The van der Waals surface area contributed by atoms with Crippen LogP contribution in [0.1, 0.15) is 13.8 Å². The van der Waals surface area contributed by atoms with E-state index in [0.717, 1.165) is 11.8 Å². The zero-order valence-corrected chi connectivity index (χ0v) is 11.0. The Bertz CT molecular complexity index is 381. The third-order valence-corrected chi connectivity index (χ3v) is 2.81. The first-order valence-electron chi connectivity index (χ1n) is 5.46. The molecule has 0 radical (unpaired) electrons. The molecule has 0 unspecified atom stereocenters. The van der Waals surface area contributed by atoms with Crippen LogP contribution in [0.3, 0.4) is 0 Å². The Balaban J connectivity index is 2.77. The van der Waals surface area contributed by atoms with E-state index in [1.54, 1.807) is 19.9 Å². The Morgan fingerprint density at radius 2 is 1.67 bits per heavy atom. The molecule has 1 aromatic heterocycles. The molecule has 18 heavy (non-hydrogen) atoms. The van der Waals surface area contributed by atoms with Gasteiger partial charge in [0.2, 0.25) is 5.25 Å². The van der Waals surface area contributed by atoms with Crippen molar-refractivity contribution in [3.05, 3.63) is 18.5 Å². The highest BCUT2D eigenvalue weighted by Crippen LogP contribution is 2.21. The van der Waals surface area contributed by atoms with Gasteiger partial charge in [0, 0.05) is 12.4 Å². The molecule has 0 saturated heterocycles. The zero-order chi connectivity index (χ0) is 13.4. The number of thioether (sulfide) groups is 1. The Morgan fingerprint density at radius 1 is 1.17 bits per heavy atom. The second kappa shape index (κ2) is 7.65. The van der Waals surface area contributed by atoms with Gasteiger partial charge in [-0.25, -0.2) is 9.97 Å². The standard InChI is InChI=1S/C11H14N2O4S/c1-3-16-9(14)8(10(15)17-4-2)18-11-12-6-5-7-13-11/h5-8H,3-4H2,1-2H3. The molecule has 0 N–H and O–H groups in total. The van der Waals surface area contributed by atoms with Crippen molar-refractivity contribution in [2.75, 3.05) is 13.2 Å². The van der Waals surface area contributed by atoms with Gasteiger partial charge in [-0.2, -0.15) is 0 Å². The minimum absolute atomic E-state index is 0.199. The molecule has 0 amide bonds. The Kier molecular flexibility index (Phi) is 6.13. The summed E-state index contributed by atoms with van der Waals surface area (Å²) in [5.41, 5.74) is 0. The smallest absolute Gasteiger partial charge is 0.331 e. The summed E-state index contributed by atoms with van der Waals surface area (Å²) >= 11 is 0.914. The van der Waals surface area contributed by atoms with Gasteiger partial charge >= 0.3 is 11.9 Å². The maximum atomic E-state index is 11.7. The molecule has 1 aromatic rings. The molecule has 1 rings (SSSR count). The molecule has 0 aliphatic heterocycles. The van der Waals surface area contributed by atoms with Crippen LogP contribution in [-0.4, -0.2) is 40.4 Å². The number of hydrogen-bond acceptors (Lipinski definition) is 7. The van der Waals surface area contributed by atoms with E-state index in [2.05, 4.69) is 9.97 Å². The number of carbonyl (C=O) groups excluding carboxylic acids is 2. The van der Waals surface area contributed by atoms with Crippen molar-refractivity contribution in [3.8, 4) is 0 Å². The average Bonchev–Trinajstić information content (AvgIpc) is 2.37. The quantitative estimate of drug-likeness (QED) is 0.331. The number of carbonyl (C=O) groups is 2. The van der Waals surface area contributed by atoms with Crippen molar-refractivity contribution in [3.63, 3.8) is 0 Å². The number of rotatable bonds is 6. The largest absolute Gasteiger partial charge is 0.465 e. The van der Waals surface area contributed by atoms with Crippen molar-refractivity contribution < 1.29 is 19.1 Å². The molecule has 0 fully saturated rings. The summed E-state index contributed by atoms with van der Waals surface area (Å²) in [6.07, 6.45) is 3.06. The van der Waals surface area contributed by atoms with Crippen LogP contribution >= 0.6 is 11.8 Å². The average molecular weight is 270 g/mol. The first-order valence-corrected chi connectivity index (χ1v) is 6.34. The molecule has 1 heterocycles. The van der Waals surface area contributed by atoms with Gasteiger partial charge in [-0.15, -0.1) is 0 Å². The van der Waals surface area contributed by atoms with E-state index >= 15 is 0 Å². The van der Waals surface area contributed by atoms with Crippen LogP contribution in [-0.2, 0) is 19.1 Å². The predicted octanol–water partition coefficient (Wildman–Crippen LogP) is 1.06. The van der Waals surface area contributed by atoms with Gasteiger partial charge < -0.3 is 9.47 Å². The van der Waals surface area contributed by atoms with Crippen LogP contribution in [0.5, 0.6) is 0 Å². The summed E-state index contributed by atoms with van der Waals surface area (Å²) in [5, 5.41) is -0.768. The predicted molar refractivity (Wildman–Crippen MR) is 64.9 cm³/mol. The molecule has 0 aliphatic carbocycles. The van der Waals surface area contributed by atoms with E-state index in [1.165, 1.54) is 12.4 Å². The number of hydrogen-bond donors (Lipinski definition) is 0. The lowest BCUT2D eigenvalue weighted by molar-refractivity contribution is -0.152. The van der Waals surface area contributed by atoms with Gasteiger partial charge in [-0.1, -0.05) is 11.8 Å². The van der Waals surface area contributed by atoms with Gasteiger partial charge in [-0.3, -0.25) is 9.59 Å². The molecule has 0 aromatic carbocycles. The van der Waals surface area contributed by atoms with Gasteiger partial charge in [0.25, 0.3) is 0 Å². The summed E-state index contributed by atoms with van der Waals surface area (Å²) in [7, 11) is 0. The number of esters is 2. The van der Waals surface area contributed by atoms with E-state index in [4.69, 9.17) is 9.47 Å². The molecule has 0 bridgehead atoms. The monoisotopic (exact) mass is 270 g/mol. The van der Waals surface area contributed by atoms with Crippen LogP contribution in [0, 0.1) is 0 Å². The van der Waals surface area contributed by atoms with Crippen LogP contribution < -0.4 is 0 Å². The van der Waals surface area contributed by atoms with Gasteiger partial charge in [0.15, 0.2) is 5.16 Å². The van der Waals surface area contributed by atoms with Crippen LogP contribution in [0.4, 0.5) is 0 Å². The lowest BCUT2D eigenvalue weighted by atomic mass is 10.4. The van der Waals surface area contributed by atoms with Crippen LogP contribution in [0.25, 0.3) is 0 Å². The molecule has 98 valence electrons. The fourth-order valence-electron chi connectivity index (χ4n) is 1.08. The van der Waals surface area contributed by atoms with Gasteiger partial charge in [-0.05, 0) is 19.9 Å². The molecular formula is C11H14N2O4S. The second-order valence-electron chi connectivity index (χ2n) is 3.03. The van der Waals surface area contributed by atoms with E-state index in [-0.39, 0.29) is 13.2 Å². The minimum atomic E-state index is -1.09. The fraction of sp³-hybridized carbons (Fsp3) is 0.455. The minimum Gasteiger partial charge on any atom is -0.465 e. The highest BCUT2D eigenvalue weighted by atomic mass is 32.2. The second-order valence-corrected chi connectivity index (χ2v) is 4.11. The topological polar surface area (TPSA) is 78.4 Å². The number of ether oxygens (including phenoxy) is 2. The van der Waals surface area contributed by atoms with E-state index in [0.29, 0.717) is 5.16 Å². The summed E-state index contributed by atoms with van der Waals surface area (Å²) in [4.78, 5) is 31.2. The molecule has 0 spiro atoms. The van der Waals surface area contributed by atoms with Crippen molar-refractivity contribution in [2.45, 2.75) is 24.3 Å². The SMILES string of the molecule is CCOC(=O)C(Sc1ncccn1)C(=O)OCC. The van der Waals surface area contributed by atoms with Crippen molar-refractivity contribution in [2.24, 2.45) is 0 Å². The lowest BCUT2D eigenvalue weighted by Gasteiger charge is -2.12. The van der Waals surface area contributed by atoms with Crippen LogP contribution in [0.15, 0.2) is 23.6 Å². The third-order valence-electron chi connectivity index (χ3n) is 1.77. The normalized spacial score (nSPS) is 10.2. The molecule has 6 nitrogen and oxygen atoms in total. The maximum Gasteiger partial charge on any atom is 0.331 e. The fourth-order valence-corrected chi connectivity index (χ4v) is 1.86. The lowest BCUT2D eigenvalue weighted by Crippen LogP contribution is -2.31. The molecule has 0 atom stereocenters. The number of nitrogens with zero attached hydrogens (tertiary/aromatic N) is 2. The van der Waals surface area contributed by atoms with E-state index < -0.39 is 17.2 Å². The first kappa shape index (κ1) is 14.4. The maximum absolute atomic E-state index is 11.7. The molecule has 7 heteroatoms. The Hall–Kier alpha value is -1.63. The summed E-state index contributed by atoms with van der Waals surface area (Å²) in [6, 6.07) is 1.65.